The molecule has 3 rings (SSSR count). The number of rotatable bonds is 2. The molecular formula is C15H17F2N3O. The lowest BCUT2D eigenvalue weighted by atomic mass is 9.91. The molecule has 21 heavy (non-hydrogen) atoms. The quantitative estimate of drug-likeness (QED) is 0.860. The summed E-state index contributed by atoms with van der Waals surface area (Å²) in [5.41, 5.74) is 5.87. The van der Waals surface area contributed by atoms with Crippen molar-refractivity contribution < 1.29 is 13.3 Å². The van der Waals surface area contributed by atoms with Crippen molar-refractivity contribution in [2.75, 3.05) is 0 Å². The van der Waals surface area contributed by atoms with Gasteiger partial charge in [-0.3, -0.25) is 0 Å². The number of benzene rings is 1. The van der Waals surface area contributed by atoms with Crippen LogP contribution in [0.5, 0.6) is 0 Å². The molecule has 0 atom stereocenters. The Morgan fingerprint density at radius 3 is 2.48 bits per heavy atom. The Kier molecular flexibility index (Phi) is 3.71. The topological polar surface area (TPSA) is 64.9 Å². The fraction of sp³-hybridized carbons (Fsp3) is 0.467. The molecule has 0 unspecified atom stereocenters. The number of nitrogens with zero attached hydrogens (tertiary/aromatic N) is 2. The average molecular weight is 293 g/mol. The van der Waals surface area contributed by atoms with Gasteiger partial charge in [0.15, 0.2) is 5.82 Å². The molecule has 4 nitrogen and oxygen atoms in total. The van der Waals surface area contributed by atoms with Crippen LogP contribution in [0.15, 0.2) is 22.7 Å². The summed E-state index contributed by atoms with van der Waals surface area (Å²) >= 11 is 0. The molecule has 2 N–H and O–H groups in total. The zero-order valence-electron chi connectivity index (χ0n) is 11.6. The van der Waals surface area contributed by atoms with Gasteiger partial charge in [-0.25, -0.2) is 8.78 Å². The van der Waals surface area contributed by atoms with E-state index in [0.717, 1.165) is 50.7 Å². The van der Waals surface area contributed by atoms with Gasteiger partial charge >= 0.3 is 0 Å². The minimum atomic E-state index is -0.725. The van der Waals surface area contributed by atoms with Crippen LogP contribution in [-0.2, 0) is 5.54 Å². The summed E-state index contributed by atoms with van der Waals surface area (Å²) in [6.45, 7) is 0. The fourth-order valence-electron chi connectivity index (χ4n) is 2.78. The number of hydrogen-bond acceptors (Lipinski definition) is 4. The zero-order chi connectivity index (χ0) is 14.9. The lowest BCUT2D eigenvalue weighted by molar-refractivity contribution is 0.334. The van der Waals surface area contributed by atoms with Crippen molar-refractivity contribution in [2.45, 2.75) is 44.1 Å². The molecule has 1 saturated carbocycles. The lowest BCUT2D eigenvalue weighted by Gasteiger charge is -2.23. The Bertz CT molecular complexity index is 634. The first-order valence-corrected chi connectivity index (χ1v) is 7.17. The SMILES string of the molecule is NC1(c2noc(-c3ccc(F)cc3F)n2)CCCCCC1. The predicted molar refractivity (Wildman–Crippen MR) is 73.2 cm³/mol. The standard InChI is InChI=1S/C15H17F2N3O/c16-10-5-6-11(12(17)9-10)13-19-14(20-21-13)15(18)7-3-1-2-4-8-15/h5-6,9H,1-4,7-8,18H2. The normalized spacial score (nSPS) is 18.4. The first-order valence-electron chi connectivity index (χ1n) is 7.17. The molecule has 6 heteroatoms. The van der Waals surface area contributed by atoms with Crippen molar-refractivity contribution in [3.63, 3.8) is 0 Å². The Morgan fingerprint density at radius 1 is 1.10 bits per heavy atom. The van der Waals surface area contributed by atoms with E-state index < -0.39 is 17.2 Å². The van der Waals surface area contributed by atoms with Gasteiger partial charge in [-0.15, -0.1) is 0 Å². The Morgan fingerprint density at radius 2 is 1.81 bits per heavy atom. The second-order valence-electron chi connectivity index (χ2n) is 5.62. The number of halogens is 2. The van der Waals surface area contributed by atoms with Crippen LogP contribution in [0.25, 0.3) is 11.5 Å². The molecule has 0 saturated heterocycles. The van der Waals surface area contributed by atoms with E-state index in [-0.39, 0.29) is 11.5 Å². The highest BCUT2D eigenvalue weighted by Gasteiger charge is 2.33. The van der Waals surface area contributed by atoms with Crippen LogP contribution >= 0.6 is 0 Å². The van der Waals surface area contributed by atoms with Gasteiger partial charge in [-0.2, -0.15) is 4.98 Å². The van der Waals surface area contributed by atoms with Crippen LogP contribution < -0.4 is 5.73 Å². The Labute approximate surface area is 121 Å². The van der Waals surface area contributed by atoms with Crippen molar-refractivity contribution in [3.8, 4) is 11.5 Å². The molecule has 2 aromatic rings. The van der Waals surface area contributed by atoms with Crippen molar-refractivity contribution in [2.24, 2.45) is 5.73 Å². The van der Waals surface area contributed by atoms with Crippen molar-refractivity contribution in [3.05, 3.63) is 35.7 Å². The molecular weight excluding hydrogens is 276 g/mol. The van der Waals surface area contributed by atoms with E-state index in [1.165, 1.54) is 6.07 Å². The van der Waals surface area contributed by atoms with Gasteiger partial charge in [0.1, 0.15) is 11.6 Å². The van der Waals surface area contributed by atoms with Crippen LogP contribution in [0.3, 0.4) is 0 Å². The predicted octanol–water partition coefficient (Wildman–Crippen LogP) is 3.52. The van der Waals surface area contributed by atoms with Gasteiger partial charge in [-0.05, 0) is 25.0 Å². The first kappa shape index (κ1) is 14.1. The molecule has 0 radical (unpaired) electrons. The monoisotopic (exact) mass is 293 g/mol. The van der Waals surface area contributed by atoms with Crippen molar-refractivity contribution >= 4 is 0 Å². The smallest absolute Gasteiger partial charge is 0.260 e. The molecule has 1 aromatic carbocycles. The highest BCUT2D eigenvalue weighted by atomic mass is 19.1. The molecule has 0 aliphatic heterocycles. The fourth-order valence-corrected chi connectivity index (χ4v) is 2.78. The summed E-state index contributed by atoms with van der Waals surface area (Å²) in [5, 5.41) is 3.92. The summed E-state index contributed by atoms with van der Waals surface area (Å²) in [7, 11) is 0. The van der Waals surface area contributed by atoms with Gasteiger partial charge in [0.25, 0.3) is 5.89 Å². The lowest BCUT2D eigenvalue weighted by Crippen LogP contribution is -2.37. The maximum Gasteiger partial charge on any atom is 0.260 e. The number of aromatic nitrogens is 2. The largest absolute Gasteiger partial charge is 0.334 e. The first-order chi connectivity index (χ1) is 10.1. The molecule has 0 bridgehead atoms. The van der Waals surface area contributed by atoms with Crippen LogP contribution in [0.1, 0.15) is 44.3 Å². The Hall–Kier alpha value is -1.82. The third kappa shape index (κ3) is 2.81. The minimum absolute atomic E-state index is 0.0385. The van der Waals surface area contributed by atoms with Crippen LogP contribution in [0.2, 0.25) is 0 Å². The van der Waals surface area contributed by atoms with Gasteiger partial charge in [0.05, 0.1) is 11.1 Å². The van der Waals surface area contributed by atoms with Crippen LogP contribution in [-0.4, -0.2) is 10.1 Å². The van der Waals surface area contributed by atoms with Gasteiger partial charge in [0, 0.05) is 6.07 Å². The summed E-state index contributed by atoms with van der Waals surface area (Å²) in [6.07, 6.45) is 5.92. The van der Waals surface area contributed by atoms with E-state index in [9.17, 15) is 8.78 Å². The summed E-state index contributed by atoms with van der Waals surface area (Å²) in [4.78, 5) is 4.24. The third-order valence-electron chi connectivity index (χ3n) is 4.03. The highest BCUT2D eigenvalue weighted by Crippen LogP contribution is 2.33. The van der Waals surface area contributed by atoms with Crippen molar-refractivity contribution in [1.29, 1.82) is 0 Å². The Balaban J connectivity index is 1.92. The minimum Gasteiger partial charge on any atom is -0.334 e. The molecule has 0 spiro atoms. The summed E-state index contributed by atoms with van der Waals surface area (Å²) < 4.78 is 31.8. The van der Waals surface area contributed by atoms with Crippen LogP contribution in [0.4, 0.5) is 8.78 Å². The van der Waals surface area contributed by atoms with Gasteiger partial charge in [0.2, 0.25) is 0 Å². The van der Waals surface area contributed by atoms with E-state index in [1.807, 2.05) is 0 Å². The number of hydrogen-bond donors (Lipinski definition) is 1. The van der Waals surface area contributed by atoms with Gasteiger partial charge in [-0.1, -0.05) is 30.8 Å². The van der Waals surface area contributed by atoms with E-state index in [4.69, 9.17) is 10.3 Å². The second kappa shape index (κ2) is 5.52. The molecule has 1 aromatic heterocycles. The van der Waals surface area contributed by atoms with E-state index in [2.05, 4.69) is 10.1 Å². The maximum atomic E-state index is 13.7. The van der Waals surface area contributed by atoms with Crippen LogP contribution in [0, 0.1) is 11.6 Å². The molecule has 112 valence electrons. The zero-order valence-corrected chi connectivity index (χ0v) is 11.6. The average Bonchev–Trinajstić information content (AvgIpc) is 2.83. The summed E-state index contributed by atoms with van der Waals surface area (Å²) in [6, 6.07) is 3.24. The highest BCUT2D eigenvalue weighted by molar-refractivity contribution is 5.53. The second-order valence-corrected chi connectivity index (χ2v) is 5.62. The third-order valence-corrected chi connectivity index (χ3v) is 4.03. The molecule has 1 aliphatic rings. The van der Waals surface area contributed by atoms with E-state index >= 15 is 0 Å². The maximum absolute atomic E-state index is 13.7. The molecule has 1 aliphatic carbocycles. The van der Waals surface area contributed by atoms with E-state index in [0.29, 0.717) is 5.82 Å². The van der Waals surface area contributed by atoms with E-state index in [1.54, 1.807) is 0 Å². The molecule has 1 fully saturated rings. The number of nitrogens with two attached hydrogens (primary N) is 1. The molecule has 0 amide bonds. The molecule has 1 heterocycles. The summed E-state index contributed by atoms with van der Waals surface area (Å²) in [5.74, 6) is -0.924. The van der Waals surface area contributed by atoms with Gasteiger partial charge < -0.3 is 10.3 Å². The van der Waals surface area contributed by atoms with Crippen molar-refractivity contribution in [1.82, 2.24) is 10.1 Å².